The molecule has 1 aliphatic heterocycles. The fourth-order valence-electron chi connectivity index (χ4n) is 5.98. The first kappa shape index (κ1) is 9.94. The zero-order valence-electron chi connectivity index (χ0n) is 10.4. The molecule has 4 bridgehead atoms. The van der Waals surface area contributed by atoms with Gasteiger partial charge in [-0.2, -0.15) is 0 Å². The predicted molar refractivity (Wildman–Crippen MR) is 66.2 cm³/mol. The second-order valence-electron chi connectivity index (χ2n) is 7.28. The first-order valence-corrected chi connectivity index (χ1v) is 7.57. The quantitative estimate of drug-likeness (QED) is 0.713. The Kier molecular flexibility index (Phi) is 2.16. The molecule has 0 amide bonds. The van der Waals surface area contributed by atoms with Gasteiger partial charge in [-0.25, -0.2) is 0 Å². The highest BCUT2D eigenvalue weighted by Gasteiger charge is 2.53. The molecule has 0 aromatic carbocycles. The van der Waals surface area contributed by atoms with E-state index in [0.29, 0.717) is 0 Å². The summed E-state index contributed by atoms with van der Waals surface area (Å²) >= 11 is 0. The largest absolute Gasteiger partial charge is 0.313 e. The number of hydrogen-bond donors (Lipinski definition) is 1. The maximum atomic E-state index is 3.88. The van der Waals surface area contributed by atoms with Crippen molar-refractivity contribution in [1.82, 2.24) is 5.32 Å². The van der Waals surface area contributed by atoms with Crippen LogP contribution in [0.2, 0.25) is 0 Å². The van der Waals surface area contributed by atoms with Crippen molar-refractivity contribution in [3.8, 4) is 0 Å². The molecule has 5 rings (SSSR count). The summed E-state index contributed by atoms with van der Waals surface area (Å²) < 4.78 is 0. The molecule has 5 fully saturated rings. The van der Waals surface area contributed by atoms with Crippen LogP contribution in [0.1, 0.15) is 57.8 Å². The average molecular weight is 219 g/mol. The number of nitrogens with one attached hydrogen (secondary N) is 1. The topological polar surface area (TPSA) is 12.0 Å². The lowest BCUT2D eigenvalue weighted by Crippen LogP contribution is -2.56. The van der Waals surface area contributed by atoms with E-state index < -0.39 is 0 Å². The molecule has 1 N–H and O–H groups in total. The SMILES string of the molecule is C1CC[C@H](C23CC4CC(CC(C4)C2)C3)NC1. The van der Waals surface area contributed by atoms with E-state index in [1.165, 1.54) is 25.8 Å². The maximum absolute atomic E-state index is 3.88. The normalized spacial score (nSPS) is 55.5. The van der Waals surface area contributed by atoms with Crippen LogP contribution in [0.15, 0.2) is 0 Å². The van der Waals surface area contributed by atoms with Gasteiger partial charge in [0.25, 0.3) is 0 Å². The lowest BCUT2D eigenvalue weighted by molar-refractivity contribution is -0.0779. The molecule has 0 radical (unpaired) electrons. The number of piperidine rings is 1. The van der Waals surface area contributed by atoms with E-state index in [1.807, 2.05) is 0 Å². The van der Waals surface area contributed by atoms with E-state index in [0.717, 1.165) is 29.2 Å². The summed E-state index contributed by atoms with van der Waals surface area (Å²) in [6, 6.07) is 0.898. The van der Waals surface area contributed by atoms with Gasteiger partial charge in [0.1, 0.15) is 0 Å². The standard InChI is InChI=1S/C15H25N/c1-2-4-16-14(3-1)15-8-11-5-12(9-15)7-13(6-11)10-15/h11-14,16H,1-10H2/t11?,12?,13?,14-,15?/m1/s1. The molecular formula is C15H25N. The van der Waals surface area contributed by atoms with Gasteiger partial charge in [-0.3, -0.25) is 0 Å². The third kappa shape index (κ3) is 1.40. The Morgan fingerprint density at radius 1 is 0.812 bits per heavy atom. The van der Waals surface area contributed by atoms with Crippen molar-refractivity contribution in [2.75, 3.05) is 6.54 Å². The highest BCUT2D eigenvalue weighted by molar-refractivity contribution is 5.06. The minimum Gasteiger partial charge on any atom is -0.313 e. The molecule has 16 heavy (non-hydrogen) atoms. The highest BCUT2D eigenvalue weighted by atomic mass is 14.9. The molecule has 4 saturated carbocycles. The van der Waals surface area contributed by atoms with Crippen LogP contribution in [0.4, 0.5) is 0 Å². The first-order chi connectivity index (χ1) is 7.84. The lowest BCUT2D eigenvalue weighted by Gasteiger charge is -2.60. The summed E-state index contributed by atoms with van der Waals surface area (Å²) in [4.78, 5) is 0. The van der Waals surface area contributed by atoms with Crippen molar-refractivity contribution >= 4 is 0 Å². The number of rotatable bonds is 1. The average Bonchev–Trinajstić information content (AvgIpc) is 2.28. The van der Waals surface area contributed by atoms with Crippen LogP contribution in [0.5, 0.6) is 0 Å². The van der Waals surface area contributed by atoms with Crippen molar-refractivity contribution in [3.63, 3.8) is 0 Å². The molecule has 5 aliphatic rings. The van der Waals surface area contributed by atoms with Crippen LogP contribution in [0.25, 0.3) is 0 Å². The molecule has 90 valence electrons. The summed E-state index contributed by atoms with van der Waals surface area (Å²) in [6.07, 6.45) is 13.9. The second kappa shape index (κ2) is 3.48. The summed E-state index contributed by atoms with van der Waals surface area (Å²) in [5.74, 6) is 3.36. The van der Waals surface area contributed by atoms with E-state index in [2.05, 4.69) is 5.32 Å². The van der Waals surface area contributed by atoms with Crippen molar-refractivity contribution in [1.29, 1.82) is 0 Å². The molecular weight excluding hydrogens is 194 g/mol. The molecule has 1 atom stereocenters. The summed E-state index contributed by atoms with van der Waals surface area (Å²) in [6.45, 7) is 1.30. The van der Waals surface area contributed by atoms with E-state index >= 15 is 0 Å². The Bertz CT molecular complexity index is 242. The van der Waals surface area contributed by atoms with E-state index in [1.54, 1.807) is 38.5 Å². The minimum atomic E-state index is 0.759. The summed E-state index contributed by atoms with van der Waals surface area (Å²) in [5, 5.41) is 3.88. The smallest absolute Gasteiger partial charge is 0.0124 e. The molecule has 0 unspecified atom stereocenters. The zero-order chi connectivity index (χ0) is 10.6. The molecule has 0 aromatic rings. The van der Waals surface area contributed by atoms with Gasteiger partial charge in [-0.1, -0.05) is 6.42 Å². The van der Waals surface area contributed by atoms with Gasteiger partial charge in [-0.15, -0.1) is 0 Å². The Morgan fingerprint density at radius 2 is 1.44 bits per heavy atom. The van der Waals surface area contributed by atoms with Crippen molar-refractivity contribution in [2.24, 2.45) is 23.2 Å². The van der Waals surface area contributed by atoms with Crippen molar-refractivity contribution < 1.29 is 0 Å². The van der Waals surface area contributed by atoms with Gasteiger partial charge < -0.3 is 5.32 Å². The Hall–Kier alpha value is -0.0400. The van der Waals surface area contributed by atoms with Crippen LogP contribution in [-0.2, 0) is 0 Å². The van der Waals surface area contributed by atoms with Crippen LogP contribution in [0, 0.1) is 23.2 Å². The van der Waals surface area contributed by atoms with E-state index in [-0.39, 0.29) is 0 Å². The molecule has 1 saturated heterocycles. The van der Waals surface area contributed by atoms with Crippen molar-refractivity contribution in [2.45, 2.75) is 63.8 Å². The summed E-state index contributed by atoms with van der Waals surface area (Å²) in [7, 11) is 0. The fraction of sp³-hybridized carbons (Fsp3) is 1.00. The van der Waals surface area contributed by atoms with Crippen LogP contribution in [0.3, 0.4) is 0 Å². The van der Waals surface area contributed by atoms with Gasteiger partial charge in [0, 0.05) is 6.04 Å². The van der Waals surface area contributed by atoms with E-state index in [9.17, 15) is 0 Å². The summed E-state index contributed by atoms with van der Waals surface area (Å²) in [5.41, 5.74) is 0.759. The zero-order valence-corrected chi connectivity index (χ0v) is 10.4. The minimum absolute atomic E-state index is 0.759. The molecule has 0 aromatic heterocycles. The molecule has 0 spiro atoms. The Balaban J connectivity index is 1.60. The lowest BCUT2D eigenvalue weighted by atomic mass is 9.47. The maximum Gasteiger partial charge on any atom is 0.0124 e. The third-order valence-electron chi connectivity index (χ3n) is 6.14. The second-order valence-corrected chi connectivity index (χ2v) is 7.28. The number of hydrogen-bond acceptors (Lipinski definition) is 1. The molecule has 1 nitrogen and oxygen atoms in total. The van der Waals surface area contributed by atoms with Crippen LogP contribution < -0.4 is 5.32 Å². The Labute approximate surface area is 99.4 Å². The van der Waals surface area contributed by atoms with Gasteiger partial charge in [-0.05, 0) is 81.1 Å². The van der Waals surface area contributed by atoms with Gasteiger partial charge in [0.05, 0.1) is 0 Å². The molecule has 4 aliphatic carbocycles. The van der Waals surface area contributed by atoms with Gasteiger partial charge >= 0.3 is 0 Å². The van der Waals surface area contributed by atoms with Crippen LogP contribution >= 0.6 is 0 Å². The first-order valence-electron chi connectivity index (χ1n) is 7.57. The molecule has 1 heteroatoms. The highest BCUT2D eigenvalue weighted by Crippen LogP contribution is 2.61. The monoisotopic (exact) mass is 219 g/mol. The van der Waals surface area contributed by atoms with Crippen molar-refractivity contribution in [3.05, 3.63) is 0 Å². The fourth-order valence-corrected chi connectivity index (χ4v) is 5.98. The molecule has 1 heterocycles. The predicted octanol–water partition coefficient (Wildman–Crippen LogP) is 3.34. The third-order valence-corrected chi connectivity index (χ3v) is 6.14. The Morgan fingerprint density at radius 3 is 1.94 bits per heavy atom. The van der Waals surface area contributed by atoms with E-state index in [4.69, 9.17) is 0 Å². The van der Waals surface area contributed by atoms with Gasteiger partial charge in [0.15, 0.2) is 0 Å². The van der Waals surface area contributed by atoms with Crippen LogP contribution in [-0.4, -0.2) is 12.6 Å². The van der Waals surface area contributed by atoms with Gasteiger partial charge in [0.2, 0.25) is 0 Å².